The number of rotatable bonds is 5. The molecule has 3 aromatic rings. The highest BCUT2D eigenvalue weighted by Gasteiger charge is 2.30. The first kappa shape index (κ1) is 22.0. The van der Waals surface area contributed by atoms with E-state index in [1.807, 2.05) is 24.4 Å². The Morgan fingerprint density at radius 3 is 2.52 bits per heavy atom. The van der Waals surface area contributed by atoms with Crippen LogP contribution in [0.3, 0.4) is 0 Å². The molecular weight excluding hydrogens is 454 g/mol. The summed E-state index contributed by atoms with van der Waals surface area (Å²) >= 11 is 7.24. The lowest BCUT2D eigenvalue weighted by atomic mass is 10.1. The van der Waals surface area contributed by atoms with Crippen molar-refractivity contribution in [3.05, 3.63) is 64.5 Å². The van der Waals surface area contributed by atoms with Gasteiger partial charge < -0.3 is 0 Å². The van der Waals surface area contributed by atoms with Crippen LogP contribution in [0.1, 0.15) is 36.5 Å². The van der Waals surface area contributed by atoms with Crippen LogP contribution in [0, 0.1) is 0 Å². The zero-order chi connectivity index (χ0) is 22.0. The number of halogens is 1. The standard InChI is InChI=1S/C22H22ClN3O3S2/c1-15-4-2-3-13-26(15)31(28,29)19-11-7-17(8-12-19)21(27)25-22-24-20(14-30-22)16-5-9-18(23)10-6-16/h5-12,14-15H,2-4,13H2,1H3,(H,24,25,27). The van der Waals surface area contributed by atoms with Gasteiger partial charge in [0, 0.05) is 34.1 Å². The summed E-state index contributed by atoms with van der Waals surface area (Å²) in [6, 6.07) is 13.3. The molecule has 1 unspecified atom stereocenters. The van der Waals surface area contributed by atoms with Crippen molar-refractivity contribution in [2.45, 2.75) is 37.1 Å². The van der Waals surface area contributed by atoms with Gasteiger partial charge in [-0.05, 0) is 56.2 Å². The average molecular weight is 476 g/mol. The number of anilines is 1. The van der Waals surface area contributed by atoms with Gasteiger partial charge in [-0.1, -0.05) is 30.2 Å². The summed E-state index contributed by atoms with van der Waals surface area (Å²) in [5, 5.41) is 5.74. The minimum Gasteiger partial charge on any atom is -0.298 e. The predicted octanol–water partition coefficient (Wildman–Crippen LogP) is 5.28. The second kappa shape index (κ2) is 9.08. The molecule has 1 saturated heterocycles. The normalized spacial score (nSPS) is 17.4. The molecule has 0 bridgehead atoms. The molecule has 4 rings (SSSR count). The lowest BCUT2D eigenvalue weighted by Crippen LogP contribution is -2.41. The summed E-state index contributed by atoms with van der Waals surface area (Å²) in [6.45, 7) is 2.47. The summed E-state index contributed by atoms with van der Waals surface area (Å²) < 4.78 is 27.4. The van der Waals surface area contributed by atoms with Crippen LogP contribution in [0.2, 0.25) is 5.02 Å². The number of carbonyl (C=O) groups is 1. The van der Waals surface area contributed by atoms with Gasteiger partial charge in [0.1, 0.15) is 0 Å². The number of hydrogen-bond acceptors (Lipinski definition) is 5. The van der Waals surface area contributed by atoms with Crippen molar-refractivity contribution in [3.8, 4) is 11.3 Å². The van der Waals surface area contributed by atoms with E-state index in [0.717, 1.165) is 30.5 Å². The topological polar surface area (TPSA) is 79.4 Å². The maximum absolute atomic E-state index is 12.9. The van der Waals surface area contributed by atoms with Gasteiger partial charge in [0.25, 0.3) is 5.91 Å². The summed E-state index contributed by atoms with van der Waals surface area (Å²) in [6.07, 6.45) is 2.78. The first-order valence-corrected chi connectivity index (χ1v) is 12.7. The third-order valence-electron chi connectivity index (χ3n) is 5.33. The van der Waals surface area contributed by atoms with E-state index < -0.39 is 10.0 Å². The highest BCUT2D eigenvalue weighted by molar-refractivity contribution is 7.89. The summed E-state index contributed by atoms with van der Waals surface area (Å²) in [5.74, 6) is -0.340. The molecule has 0 radical (unpaired) electrons. The Kier molecular flexibility index (Phi) is 6.43. The summed E-state index contributed by atoms with van der Waals surface area (Å²) in [4.78, 5) is 17.2. The second-order valence-electron chi connectivity index (χ2n) is 7.48. The number of benzene rings is 2. The Balaban J connectivity index is 1.46. The van der Waals surface area contributed by atoms with Gasteiger partial charge in [-0.2, -0.15) is 4.31 Å². The van der Waals surface area contributed by atoms with Crippen molar-refractivity contribution < 1.29 is 13.2 Å². The Hall–Kier alpha value is -2.26. The van der Waals surface area contributed by atoms with Crippen molar-refractivity contribution in [3.63, 3.8) is 0 Å². The van der Waals surface area contributed by atoms with E-state index in [2.05, 4.69) is 10.3 Å². The number of hydrogen-bond donors (Lipinski definition) is 1. The Bertz CT molecular complexity index is 1180. The number of aromatic nitrogens is 1. The van der Waals surface area contributed by atoms with E-state index in [-0.39, 0.29) is 16.8 Å². The Morgan fingerprint density at radius 2 is 1.84 bits per heavy atom. The molecule has 1 N–H and O–H groups in total. The molecule has 2 heterocycles. The molecule has 0 aliphatic carbocycles. The molecular formula is C22H22ClN3O3S2. The molecule has 31 heavy (non-hydrogen) atoms. The molecule has 9 heteroatoms. The number of thiazole rings is 1. The second-order valence-corrected chi connectivity index (χ2v) is 10.7. The molecule has 2 aromatic carbocycles. The highest BCUT2D eigenvalue weighted by atomic mass is 35.5. The molecule has 1 aromatic heterocycles. The van der Waals surface area contributed by atoms with Crippen molar-refractivity contribution in [2.75, 3.05) is 11.9 Å². The number of piperidine rings is 1. The van der Waals surface area contributed by atoms with Crippen molar-refractivity contribution in [2.24, 2.45) is 0 Å². The zero-order valence-electron chi connectivity index (χ0n) is 16.9. The van der Waals surface area contributed by atoms with E-state index in [4.69, 9.17) is 11.6 Å². The maximum Gasteiger partial charge on any atom is 0.257 e. The number of nitrogens with zero attached hydrogens (tertiary/aromatic N) is 2. The number of nitrogens with one attached hydrogen (secondary N) is 1. The van der Waals surface area contributed by atoms with Gasteiger partial charge in [-0.3, -0.25) is 10.1 Å². The van der Waals surface area contributed by atoms with E-state index in [0.29, 0.717) is 22.3 Å². The van der Waals surface area contributed by atoms with Gasteiger partial charge in [-0.15, -0.1) is 11.3 Å². The molecule has 0 spiro atoms. The average Bonchev–Trinajstić information content (AvgIpc) is 3.23. The molecule has 1 amide bonds. The summed E-state index contributed by atoms with van der Waals surface area (Å²) in [5.41, 5.74) is 2.02. The number of amides is 1. The quantitative estimate of drug-likeness (QED) is 0.544. The molecule has 1 aliphatic rings. The molecule has 0 saturated carbocycles. The first-order chi connectivity index (χ1) is 14.8. The minimum atomic E-state index is -3.56. The fourth-order valence-electron chi connectivity index (χ4n) is 3.60. The number of sulfonamides is 1. The highest BCUT2D eigenvalue weighted by Crippen LogP contribution is 2.27. The van der Waals surface area contributed by atoms with E-state index in [9.17, 15) is 13.2 Å². The van der Waals surface area contributed by atoms with Crippen molar-refractivity contribution >= 4 is 44.0 Å². The third-order valence-corrected chi connectivity index (χ3v) is 8.37. The summed E-state index contributed by atoms with van der Waals surface area (Å²) in [7, 11) is -3.56. The predicted molar refractivity (Wildman–Crippen MR) is 124 cm³/mol. The van der Waals surface area contributed by atoms with Crippen LogP contribution in [0.25, 0.3) is 11.3 Å². The Labute approximate surface area is 190 Å². The monoisotopic (exact) mass is 475 g/mol. The maximum atomic E-state index is 12.9. The van der Waals surface area contributed by atoms with Crippen LogP contribution < -0.4 is 5.32 Å². The third kappa shape index (κ3) is 4.82. The molecule has 1 aliphatic heterocycles. The van der Waals surface area contributed by atoms with Crippen LogP contribution in [0.15, 0.2) is 58.8 Å². The van der Waals surface area contributed by atoms with Gasteiger partial charge in [0.05, 0.1) is 10.6 Å². The van der Waals surface area contributed by atoms with Crippen LogP contribution in [-0.4, -0.2) is 36.2 Å². The van der Waals surface area contributed by atoms with Crippen LogP contribution in [-0.2, 0) is 10.0 Å². The van der Waals surface area contributed by atoms with E-state index in [1.54, 1.807) is 16.4 Å². The van der Waals surface area contributed by atoms with Gasteiger partial charge >= 0.3 is 0 Å². The lowest BCUT2D eigenvalue weighted by molar-refractivity contribution is 0.102. The fourth-order valence-corrected chi connectivity index (χ4v) is 6.14. The van der Waals surface area contributed by atoms with Crippen molar-refractivity contribution in [1.82, 2.24) is 9.29 Å². The smallest absolute Gasteiger partial charge is 0.257 e. The SMILES string of the molecule is CC1CCCCN1S(=O)(=O)c1ccc(C(=O)Nc2nc(-c3ccc(Cl)cc3)cs2)cc1. The van der Waals surface area contributed by atoms with Gasteiger partial charge in [0.2, 0.25) is 10.0 Å². The molecule has 162 valence electrons. The molecule has 1 atom stereocenters. The molecule has 6 nitrogen and oxygen atoms in total. The van der Waals surface area contributed by atoms with E-state index in [1.165, 1.54) is 35.6 Å². The molecule has 1 fully saturated rings. The largest absolute Gasteiger partial charge is 0.298 e. The van der Waals surface area contributed by atoms with Gasteiger partial charge in [0.15, 0.2) is 5.13 Å². The van der Waals surface area contributed by atoms with Crippen LogP contribution >= 0.6 is 22.9 Å². The first-order valence-electron chi connectivity index (χ1n) is 9.99. The minimum absolute atomic E-state index is 0.0125. The van der Waals surface area contributed by atoms with Crippen molar-refractivity contribution in [1.29, 1.82) is 0 Å². The van der Waals surface area contributed by atoms with Crippen LogP contribution in [0.4, 0.5) is 5.13 Å². The lowest BCUT2D eigenvalue weighted by Gasteiger charge is -2.32. The van der Waals surface area contributed by atoms with E-state index >= 15 is 0 Å². The van der Waals surface area contributed by atoms with Crippen LogP contribution in [0.5, 0.6) is 0 Å². The zero-order valence-corrected chi connectivity index (χ0v) is 19.3. The Morgan fingerprint density at radius 1 is 1.13 bits per heavy atom. The fraction of sp³-hybridized carbons (Fsp3) is 0.273. The van der Waals surface area contributed by atoms with Gasteiger partial charge in [-0.25, -0.2) is 13.4 Å². The number of carbonyl (C=O) groups excluding carboxylic acids is 1.